The lowest BCUT2D eigenvalue weighted by Gasteiger charge is -2.23. The predicted molar refractivity (Wildman–Crippen MR) is 86.3 cm³/mol. The number of hydrogen-bond acceptors (Lipinski definition) is 2. The molecule has 0 spiro atoms. The fraction of sp³-hybridized carbons (Fsp3) is 0.389. The van der Waals surface area contributed by atoms with Crippen molar-refractivity contribution in [2.75, 3.05) is 13.2 Å². The van der Waals surface area contributed by atoms with Gasteiger partial charge < -0.3 is 14.6 Å². The number of aliphatic hydroxyl groups excluding tert-OH is 1. The van der Waals surface area contributed by atoms with Gasteiger partial charge >= 0.3 is 0 Å². The maximum Gasteiger partial charge on any atom is 0.256 e. The minimum Gasteiger partial charge on any atom is -0.394 e. The van der Waals surface area contributed by atoms with Crippen LogP contribution in [0, 0.1) is 19.7 Å². The smallest absolute Gasteiger partial charge is 0.256 e. The van der Waals surface area contributed by atoms with Gasteiger partial charge in [0.1, 0.15) is 5.82 Å². The average molecular weight is 316 g/mol. The second kappa shape index (κ2) is 6.16. The number of amides is 1. The van der Waals surface area contributed by atoms with Crippen LogP contribution in [0.1, 0.15) is 34.6 Å². The molecule has 1 atom stereocenters. The Bertz CT molecular complexity index is 739. The molecular weight excluding hydrogens is 295 g/mol. The second-order valence-corrected chi connectivity index (χ2v) is 6.08. The van der Waals surface area contributed by atoms with Crippen molar-refractivity contribution in [3.05, 3.63) is 53.1 Å². The molecule has 0 saturated carbocycles. The van der Waals surface area contributed by atoms with E-state index in [2.05, 4.69) is 0 Å². The lowest BCUT2D eigenvalue weighted by Crippen LogP contribution is -2.37. The van der Waals surface area contributed by atoms with Gasteiger partial charge in [-0.1, -0.05) is 6.07 Å². The Kier molecular flexibility index (Phi) is 4.22. The van der Waals surface area contributed by atoms with Crippen LogP contribution in [-0.2, 0) is 0 Å². The van der Waals surface area contributed by atoms with E-state index in [-0.39, 0.29) is 24.4 Å². The standard InChI is InChI=1S/C18H21FN2O2/c1-12-9-17(18(23)20-8-4-7-16(20)11-22)13(2)21(12)15-6-3-5-14(19)10-15/h3,5-6,9-10,16,22H,4,7-8,11H2,1-2H3/t16-/m1/s1. The van der Waals surface area contributed by atoms with Crippen molar-refractivity contribution in [3.8, 4) is 5.69 Å². The normalized spacial score (nSPS) is 17.7. The molecule has 4 nitrogen and oxygen atoms in total. The molecule has 1 amide bonds. The SMILES string of the molecule is Cc1cc(C(=O)N2CCC[C@@H]2CO)c(C)n1-c1cccc(F)c1. The molecule has 1 aliphatic rings. The van der Waals surface area contributed by atoms with Crippen LogP contribution < -0.4 is 0 Å². The Hall–Kier alpha value is -2.14. The number of carbonyl (C=O) groups excluding carboxylic acids is 1. The Labute approximate surface area is 135 Å². The van der Waals surface area contributed by atoms with Gasteiger partial charge in [-0.25, -0.2) is 4.39 Å². The van der Waals surface area contributed by atoms with Gasteiger partial charge in [-0.2, -0.15) is 0 Å². The number of carbonyl (C=O) groups is 1. The molecule has 0 bridgehead atoms. The van der Waals surface area contributed by atoms with Crippen molar-refractivity contribution in [1.29, 1.82) is 0 Å². The van der Waals surface area contributed by atoms with E-state index >= 15 is 0 Å². The van der Waals surface area contributed by atoms with E-state index in [1.54, 1.807) is 11.0 Å². The van der Waals surface area contributed by atoms with Gasteiger partial charge in [-0.05, 0) is 51.0 Å². The van der Waals surface area contributed by atoms with Gasteiger partial charge in [0.25, 0.3) is 5.91 Å². The molecule has 1 fully saturated rings. The van der Waals surface area contributed by atoms with E-state index in [0.717, 1.165) is 24.2 Å². The summed E-state index contributed by atoms with van der Waals surface area (Å²) in [6.45, 7) is 4.44. The summed E-state index contributed by atoms with van der Waals surface area (Å²) in [6, 6.07) is 8.09. The Morgan fingerprint density at radius 2 is 2.13 bits per heavy atom. The maximum atomic E-state index is 13.5. The van der Waals surface area contributed by atoms with Gasteiger partial charge in [-0.15, -0.1) is 0 Å². The lowest BCUT2D eigenvalue weighted by atomic mass is 10.2. The molecule has 1 saturated heterocycles. The molecule has 5 heteroatoms. The van der Waals surface area contributed by atoms with Gasteiger partial charge in [0, 0.05) is 23.6 Å². The molecule has 2 heterocycles. The van der Waals surface area contributed by atoms with Crippen molar-refractivity contribution in [2.45, 2.75) is 32.7 Å². The number of hydrogen-bond donors (Lipinski definition) is 1. The lowest BCUT2D eigenvalue weighted by molar-refractivity contribution is 0.0677. The molecule has 0 radical (unpaired) electrons. The third kappa shape index (κ3) is 2.77. The first-order chi connectivity index (χ1) is 11.0. The highest BCUT2D eigenvalue weighted by Gasteiger charge is 2.30. The highest BCUT2D eigenvalue weighted by Crippen LogP contribution is 2.25. The number of rotatable bonds is 3. The summed E-state index contributed by atoms with van der Waals surface area (Å²) < 4.78 is 15.4. The third-order valence-corrected chi connectivity index (χ3v) is 4.58. The molecule has 1 aromatic carbocycles. The van der Waals surface area contributed by atoms with Crippen molar-refractivity contribution in [3.63, 3.8) is 0 Å². The van der Waals surface area contributed by atoms with E-state index in [0.29, 0.717) is 17.8 Å². The van der Waals surface area contributed by atoms with Crippen molar-refractivity contribution < 1.29 is 14.3 Å². The Morgan fingerprint density at radius 3 is 2.83 bits per heavy atom. The van der Waals surface area contributed by atoms with Crippen LogP contribution in [0.3, 0.4) is 0 Å². The van der Waals surface area contributed by atoms with Gasteiger partial charge in [0.2, 0.25) is 0 Å². The predicted octanol–water partition coefficient (Wildman–Crippen LogP) is 2.83. The quantitative estimate of drug-likeness (QED) is 0.946. The largest absolute Gasteiger partial charge is 0.394 e. The fourth-order valence-electron chi connectivity index (χ4n) is 3.44. The summed E-state index contributed by atoms with van der Waals surface area (Å²) in [4.78, 5) is 14.6. The van der Waals surface area contributed by atoms with Crippen LogP contribution >= 0.6 is 0 Å². The first-order valence-electron chi connectivity index (χ1n) is 7.89. The Balaban J connectivity index is 1.99. The van der Waals surface area contributed by atoms with Crippen molar-refractivity contribution in [1.82, 2.24) is 9.47 Å². The summed E-state index contributed by atoms with van der Waals surface area (Å²) in [5, 5.41) is 9.43. The summed E-state index contributed by atoms with van der Waals surface area (Å²) >= 11 is 0. The minimum absolute atomic E-state index is 0.00558. The molecular formula is C18H21FN2O2. The molecule has 0 unspecified atom stereocenters. The number of aliphatic hydroxyl groups is 1. The molecule has 23 heavy (non-hydrogen) atoms. The van der Waals surface area contributed by atoms with Crippen LogP contribution in [0.4, 0.5) is 4.39 Å². The van der Waals surface area contributed by atoms with Crippen molar-refractivity contribution >= 4 is 5.91 Å². The maximum absolute atomic E-state index is 13.5. The van der Waals surface area contributed by atoms with Gasteiger partial charge in [0.05, 0.1) is 18.2 Å². The van der Waals surface area contributed by atoms with Gasteiger partial charge in [0.15, 0.2) is 0 Å². The summed E-state index contributed by atoms with van der Waals surface area (Å²) in [5.41, 5.74) is 3.00. The summed E-state index contributed by atoms with van der Waals surface area (Å²) in [6.07, 6.45) is 1.75. The molecule has 1 aliphatic heterocycles. The van der Waals surface area contributed by atoms with Crippen LogP contribution in [0.15, 0.2) is 30.3 Å². The number of aryl methyl sites for hydroxylation is 1. The number of halogens is 1. The zero-order chi connectivity index (χ0) is 16.6. The average Bonchev–Trinajstić information content (AvgIpc) is 3.11. The van der Waals surface area contributed by atoms with E-state index in [1.807, 2.05) is 30.5 Å². The third-order valence-electron chi connectivity index (χ3n) is 4.58. The fourth-order valence-corrected chi connectivity index (χ4v) is 3.44. The molecule has 122 valence electrons. The van der Waals surface area contributed by atoms with Crippen molar-refractivity contribution in [2.24, 2.45) is 0 Å². The van der Waals surface area contributed by atoms with E-state index in [4.69, 9.17) is 0 Å². The number of aromatic nitrogens is 1. The number of benzene rings is 1. The number of nitrogens with zero attached hydrogens (tertiary/aromatic N) is 2. The second-order valence-electron chi connectivity index (χ2n) is 6.08. The molecule has 3 rings (SSSR count). The zero-order valence-electron chi connectivity index (χ0n) is 13.4. The highest BCUT2D eigenvalue weighted by atomic mass is 19.1. The van der Waals surface area contributed by atoms with Crippen LogP contribution in [0.5, 0.6) is 0 Å². The Morgan fingerprint density at radius 1 is 1.35 bits per heavy atom. The van der Waals surface area contributed by atoms with Gasteiger partial charge in [-0.3, -0.25) is 4.79 Å². The summed E-state index contributed by atoms with van der Waals surface area (Å²) in [7, 11) is 0. The van der Waals surface area contributed by atoms with Crippen LogP contribution in [0.25, 0.3) is 5.69 Å². The zero-order valence-corrected chi connectivity index (χ0v) is 13.4. The van der Waals surface area contributed by atoms with E-state index in [1.165, 1.54) is 12.1 Å². The topological polar surface area (TPSA) is 45.5 Å². The van der Waals surface area contributed by atoms with Crippen LogP contribution in [0.2, 0.25) is 0 Å². The number of likely N-dealkylation sites (tertiary alicyclic amines) is 1. The van der Waals surface area contributed by atoms with E-state index < -0.39 is 0 Å². The molecule has 2 aromatic rings. The van der Waals surface area contributed by atoms with Crippen LogP contribution in [-0.4, -0.2) is 39.7 Å². The monoisotopic (exact) mass is 316 g/mol. The van der Waals surface area contributed by atoms with E-state index in [9.17, 15) is 14.3 Å². The molecule has 1 N–H and O–H groups in total. The summed E-state index contributed by atoms with van der Waals surface area (Å²) in [5.74, 6) is -0.361. The molecule has 0 aliphatic carbocycles. The first kappa shape index (κ1) is 15.7. The first-order valence-corrected chi connectivity index (χ1v) is 7.89. The molecule has 1 aromatic heterocycles. The minimum atomic E-state index is -0.303. The highest BCUT2D eigenvalue weighted by molar-refractivity contribution is 5.96.